The first-order valence-corrected chi connectivity index (χ1v) is 11.5. The van der Waals surface area contributed by atoms with Crippen LogP contribution in [0.1, 0.15) is 33.6 Å². The highest BCUT2D eigenvalue weighted by Crippen LogP contribution is 2.31. The Bertz CT molecular complexity index is 1500. The first-order chi connectivity index (χ1) is 16.9. The fraction of sp³-hybridized carbons (Fsp3) is 0.346. The molecule has 0 bridgehead atoms. The Morgan fingerprint density at radius 1 is 1.03 bits per heavy atom. The first kappa shape index (κ1) is 22.9. The Hall–Kier alpha value is -3.85. The van der Waals surface area contributed by atoms with Crippen LogP contribution in [-0.4, -0.2) is 45.3 Å². The van der Waals surface area contributed by atoms with Crippen LogP contribution in [-0.2, 0) is 24.3 Å². The van der Waals surface area contributed by atoms with Crippen LogP contribution in [0.5, 0.6) is 5.88 Å². The van der Waals surface area contributed by atoms with Crippen LogP contribution < -0.4 is 15.2 Å². The summed E-state index contributed by atoms with van der Waals surface area (Å²) >= 11 is 0. The first-order valence-electron chi connectivity index (χ1n) is 11.5. The number of hydrogen-bond donors (Lipinski definition) is 0. The van der Waals surface area contributed by atoms with Gasteiger partial charge >= 0.3 is 0 Å². The highest BCUT2D eigenvalue weighted by molar-refractivity contribution is 5.67. The summed E-state index contributed by atoms with van der Waals surface area (Å²) in [6, 6.07) is 5.59. The number of anilines is 1. The average molecular weight is 473 g/mol. The van der Waals surface area contributed by atoms with E-state index in [4.69, 9.17) is 19.6 Å². The molecule has 35 heavy (non-hydrogen) atoms. The maximum atomic E-state index is 12.8. The summed E-state index contributed by atoms with van der Waals surface area (Å²) in [6.07, 6.45) is 4.54. The van der Waals surface area contributed by atoms with Crippen LogP contribution >= 0.6 is 0 Å². The summed E-state index contributed by atoms with van der Waals surface area (Å²) in [5.74, 6) is 1.38. The molecule has 4 aromatic rings. The molecule has 0 saturated heterocycles. The quantitative estimate of drug-likeness (QED) is 0.437. The molecule has 0 N–H and O–H groups in total. The summed E-state index contributed by atoms with van der Waals surface area (Å²) < 4.78 is 11.8. The van der Waals surface area contributed by atoms with E-state index in [-0.39, 0.29) is 12.2 Å². The zero-order valence-electron chi connectivity index (χ0n) is 20.6. The van der Waals surface area contributed by atoms with Crippen molar-refractivity contribution in [3.63, 3.8) is 0 Å². The molecule has 5 heterocycles. The molecule has 0 atom stereocenters. The molecule has 9 heteroatoms. The number of rotatable bonds is 5. The summed E-state index contributed by atoms with van der Waals surface area (Å²) in [6.45, 7) is 7.76. The van der Waals surface area contributed by atoms with E-state index >= 15 is 0 Å². The third-order valence-electron chi connectivity index (χ3n) is 6.61. The molecule has 0 amide bonds. The highest BCUT2D eigenvalue weighted by atomic mass is 16.5. The molecule has 5 rings (SSSR count). The lowest BCUT2D eigenvalue weighted by molar-refractivity contribution is 0.181. The number of nitrogens with zero attached hydrogens (tertiary/aromatic N) is 6. The monoisotopic (exact) mass is 472 g/mol. The number of ether oxygens (including phenoxy) is 2. The molecule has 0 aromatic carbocycles. The minimum Gasteiger partial charge on any atom is -0.481 e. The molecule has 0 radical (unpaired) electrons. The van der Waals surface area contributed by atoms with Crippen molar-refractivity contribution in [3.05, 3.63) is 74.6 Å². The summed E-state index contributed by atoms with van der Waals surface area (Å²) in [4.78, 5) is 28.8. The van der Waals surface area contributed by atoms with E-state index in [1.54, 1.807) is 14.2 Å². The van der Waals surface area contributed by atoms with Gasteiger partial charge in [0.15, 0.2) is 11.5 Å². The van der Waals surface area contributed by atoms with Crippen molar-refractivity contribution >= 4 is 11.5 Å². The van der Waals surface area contributed by atoms with Crippen molar-refractivity contribution in [2.24, 2.45) is 0 Å². The Labute approximate surface area is 203 Å². The average Bonchev–Trinajstić information content (AvgIpc) is 2.86. The minimum absolute atomic E-state index is 0.213. The standard InChI is InChI=1S/C26H28N6O3/c1-15-8-23(35-5)28-12-21(15)18-9-19-13-31(7-6-22(19)27-11-18)26-17(3)16(2)25-29-20(14-34-4)10-24(33)32(25)30-26/h8-12H,6-7,13-14H2,1-5H3. The number of aromatic nitrogens is 5. The van der Waals surface area contributed by atoms with Gasteiger partial charge in [0.2, 0.25) is 5.88 Å². The van der Waals surface area contributed by atoms with Crippen LogP contribution in [0, 0.1) is 20.8 Å². The van der Waals surface area contributed by atoms with Crippen LogP contribution in [0.15, 0.2) is 35.4 Å². The van der Waals surface area contributed by atoms with Crippen molar-refractivity contribution in [2.75, 3.05) is 25.7 Å². The zero-order chi connectivity index (χ0) is 24.7. The van der Waals surface area contributed by atoms with Gasteiger partial charge in [-0.15, -0.1) is 5.10 Å². The summed E-state index contributed by atoms with van der Waals surface area (Å²) in [7, 11) is 3.20. The number of pyridine rings is 2. The lowest BCUT2D eigenvalue weighted by Crippen LogP contribution is -2.34. The number of aryl methyl sites for hydroxylation is 2. The predicted molar refractivity (Wildman–Crippen MR) is 133 cm³/mol. The van der Waals surface area contributed by atoms with Gasteiger partial charge in [-0.1, -0.05) is 0 Å². The second kappa shape index (κ2) is 9.07. The van der Waals surface area contributed by atoms with Crippen molar-refractivity contribution in [3.8, 4) is 17.0 Å². The Kier molecular flexibility index (Phi) is 5.94. The second-order valence-electron chi connectivity index (χ2n) is 8.87. The van der Waals surface area contributed by atoms with Gasteiger partial charge in [0.25, 0.3) is 5.56 Å². The van der Waals surface area contributed by atoms with Crippen molar-refractivity contribution in [1.29, 1.82) is 0 Å². The van der Waals surface area contributed by atoms with E-state index in [0.29, 0.717) is 23.8 Å². The molecule has 0 fully saturated rings. The van der Waals surface area contributed by atoms with Gasteiger partial charge in [-0.05, 0) is 38.0 Å². The van der Waals surface area contributed by atoms with Crippen LogP contribution in [0.4, 0.5) is 5.82 Å². The minimum atomic E-state index is -0.213. The molecule has 0 spiro atoms. The van der Waals surface area contributed by atoms with Gasteiger partial charge in [0, 0.05) is 79.1 Å². The largest absolute Gasteiger partial charge is 0.481 e. The fourth-order valence-corrected chi connectivity index (χ4v) is 4.59. The number of hydrogen-bond acceptors (Lipinski definition) is 8. The van der Waals surface area contributed by atoms with Gasteiger partial charge in [0.1, 0.15) is 0 Å². The van der Waals surface area contributed by atoms with E-state index < -0.39 is 0 Å². The Morgan fingerprint density at radius 2 is 1.86 bits per heavy atom. The van der Waals surface area contributed by atoms with E-state index in [1.165, 1.54) is 10.6 Å². The number of fused-ring (bicyclic) bond motifs is 2. The third kappa shape index (κ3) is 4.12. The molecule has 0 unspecified atom stereocenters. The van der Waals surface area contributed by atoms with Crippen molar-refractivity contribution in [2.45, 2.75) is 40.3 Å². The predicted octanol–water partition coefficient (Wildman–Crippen LogP) is 3.19. The van der Waals surface area contributed by atoms with Crippen LogP contribution in [0.3, 0.4) is 0 Å². The van der Waals surface area contributed by atoms with E-state index in [1.807, 2.05) is 39.2 Å². The molecule has 4 aromatic heterocycles. The van der Waals surface area contributed by atoms with Crippen molar-refractivity contribution < 1.29 is 9.47 Å². The molecule has 180 valence electrons. The summed E-state index contributed by atoms with van der Waals surface area (Å²) in [5, 5.41) is 4.73. The zero-order valence-corrected chi connectivity index (χ0v) is 20.6. The van der Waals surface area contributed by atoms with Gasteiger partial charge in [-0.25, -0.2) is 9.97 Å². The number of methoxy groups -OCH3 is 2. The van der Waals surface area contributed by atoms with Gasteiger partial charge in [-0.2, -0.15) is 4.52 Å². The van der Waals surface area contributed by atoms with E-state index in [2.05, 4.69) is 20.9 Å². The second-order valence-corrected chi connectivity index (χ2v) is 8.87. The van der Waals surface area contributed by atoms with Gasteiger partial charge < -0.3 is 14.4 Å². The van der Waals surface area contributed by atoms with Crippen LogP contribution in [0.2, 0.25) is 0 Å². The SMILES string of the molecule is COCc1cc(=O)n2nc(N3CCc4ncc(-c5cnc(OC)cc5C)cc4C3)c(C)c(C)c2n1. The fourth-order valence-electron chi connectivity index (χ4n) is 4.59. The highest BCUT2D eigenvalue weighted by Gasteiger charge is 2.23. The van der Waals surface area contributed by atoms with Gasteiger partial charge in [-0.3, -0.25) is 9.78 Å². The molecule has 9 nitrogen and oxygen atoms in total. The Balaban J connectivity index is 1.52. The molecular weight excluding hydrogens is 444 g/mol. The smallest absolute Gasteiger partial charge is 0.274 e. The lowest BCUT2D eigenvalue weighted by atomic mass is 9.98. The van der Waals surface area contributed by atoms with Crippen LogP contribution in [0.25, 0.3) is 16.8 Å². The molecule has 0 saturated carbocycles. The Morgan fingerprint density at radius 3 is 2.60 bits per heavy atom. The summed E-state index contributed by atoms with van der Waals surface area (Å²) in [5.41, 5.74) is 8.24. The topological polar surface area (TPSA) is 94.7 Å². The van der Waals surface area contributed by atoms with E-state index in [9.17, 15) is 4.79 Å². The molecule has 1 aliphatic rings. The third-order valence-corrected chi connectivity index (χ3v) is 6.61. The normalized spacial score (nSPS) is 13.2. The molecule has 1 aliphatic heterocycles. The van der Waals surface area contributed by atoms with Gasteiger partial charge in [0.05, 0.1) is 19.4 Å². The maximum absolute atomic E-state index is 12.8. The lowest BCUT2D eigenvalue weighted by Gasteiger charge is -2.31. The van der Waals surface area contributed by atoms with Crippen molar-refractivity contribution in [1.82, 2.24) is 24.6 Å². The van der Waals surface area contributed by atoms with E-state index in [0.717, 1.165) is 57.9 Å². The maximum Gasteiger partial charge on any atom is 0.274 e. The molecule has 0 aliphatic carbocycles. The molecular formula is C26H28N6O3.